The Bertz CT molecular complexity index is 900. The van der Waals surface area contributed by atoms with Gasteiger partial charge in [-0.25, -0.2) is 4.79 Å². The number of carbonyl (C=O) groups is 2. The lowest BCUT2D eigenvalue weighted by Crippen LogP contribution is -2.57. The molecule has 1 saturated heterocycles. The fraction of sp³-hybridized carbons (Fsp3) is 0.294. The summed E-state index contributed by atoms with van der Waals surface area (Å²) in [7, 11) is 0. The van der Waals surface area contributed by atoms with Gasteiger partial charge < -0.3 is 14.8 Å². The van der Waals surface area contributed by atoms with Gasteiger partial charge in [-0.05, 0) is 26.0 Å². The van der Waals surface area contributed by atoms with Gasteiger partial charge >= 0.3 is 5.69 Å². The first kappa shape index (κ1) is 16.7. The Labute approximate surface area is 143 Å². The van der Waals surface area contributed by atoms with Crippen LogP contribution in [-0.2, 0) is 4.79 Å². The van der Waals surface area contributed by atoms with Gasteiger partial charge in [-0.3, -0.25) is 19.4 Å². The van der Waals surface area contributed by atoms with E-state index in [1.807, 2.05) is 43.1 Å². The molecule has 25 heavy (non-hydrogen) atoms. The smallest absolute Gasteiger partial charge is 0.324 e. The van der Waals surface area contributed by atoms with E-state index < -0.39 is 17.2 Å². The van der Waals surface area contributed by atoms with Crippen molar-refractivity contribution in [2.75, 3.05) is 18.0 Å². The van der Waals surface area contributed by atoms with Gasteiger partial charge in [0.2, 0.25) is 5.91 Å². The monoisotopic (exact) mass is 342 g/mol. The molecule has 3 rings (SSSR count). The van der Waals surface area contributed by atoms with Crippen LogP contribution in [0.1, 0.15) is 23.0 Å². The first-order chi connectivity index (χ1) is 11.8. The lowest BCUT2D eigenvalue weighted by Gasteiger charge is -2.39. The van der Waals surface area contributed by atoms with Crippen molar-refractivity contribution < 1.29 is 9.59 Å². The zero-order valence-corrected chi connectivity index (χ0v) is 13.9. The van der Waals surface area contributed by atoms with E-state index in [0.717, 1.165) is 17.3 Å². The lowest BCUT2D eigenvalue weighted by atomic mass is 10.1. The number of nitrogens with zero attached hydrogens (tertiary/aromatic N) is 2. The number of aromatic amines is 2. The highest BCUT2D eigenvalue weighted by molar-refractivity contribution is 6.01. The molecule has 0 aliphatic carbocycles. The number of H-pyrrole nitrogens is 2. The largest absolute Gasteiger partial charge is 0.326 e. The first-order valence-electron chi connectivity index (χ1n) is 7.87. The van der Waals surface area contributed by atoms with Gasteiger partial charge in [0.25, 0.3) is 11.5 Å². The molecule has 0 radical (unpaired) electrons. The Morgan fingerprint density at radius 3 is 2.44 bits per heavy atom. The van der Waals surface area contributed by atoms with Crippen molar-refractivity contribution in [1.29, 1.82) is 0 Å². The highest BCUT2D eigenvalue weighted by Crippen LogP contribution is 2.21. The van der Waals surface area contributed by atoms with Gasteiger partial charge in [0.05, 0.1) is 0 Å². The summed E-state index contributed by atoms with van der Waals surface area (Å²) < 4.78 is 0. The number of anilines is 1. The zero-order valence-electron chi connectivity index (χ0n) is 13.9. The standard InChI is InChI=1S/C17H18N4O4/c1-10-3-5-12(6-4-10)21-8-11(2)20(9-15(21)23)16(24)13-7-14(22)19-17(25)18-13/h3-7,11H,8-9H2,1-2H3,(H2,18,19,22,25)/t11-/m0/s1. The van der Waals surface area contributed by atoms with Crippen LogP contribution >= 0.6 is 0 Å². The van der Waals surface area contributed by atoms with Gasteiger partial charge in [-0.2, -0.15) is 0 Å². The zero-order chi connectivity index (χ0) is 18.1. The molecule has 0 spiro atoms. The number of aromatic nitrogens is 2. The van der Waals surface area contributed by atoms with Crippen molar-refractivity contribution in [1.82, 2.24) is 14.9 Å². The Morgan fingerprint density at radius 1 is 1.12 bits per heavy atom. The van der Waals surface area contributed by atoms with E-state index in [9.17, 15) is 19.2 Å². The van der Waals surface area contributed by atoms with Crippen molar-refractivity contribution >= 4 is 17.5 Å². The quantitative estimate of drug-likeness (QED) is 0.816. The van der Waals surface area contributed by atoms with E-state index in [0.29, 0.717) is 6.54 Å². The second-order valence-electron chi connectivity index (χ2n) is 6.12. The molecule has 1 aliphatic rings. The van der Waals surface area contributed by atoms with Crippen LogP contribution in [0.15, 0.2) is 39.9 Å². The number of hydrogen-bond donors (Lipinski definition) is 2. The maximum absolute atomic E-state index is 12.6. The summed E-state index contributed by atoms with van der Waals surface area (Å²) in [6.07, 6.45) is 0. The summed E-state index contributed by atoms with van der Waals surface area (Å²) in [5.74, 6) is -0.768. The number of nitrogens with one attached hydrogen (secondary N) is 2. The van der Waals surface area contributed by atoms with Crippen LogP contribution in [0.25, 0.3) is 0 Å². The van der Waals surface area contributed by atoms with Crippen molar-refractivity contribution in [3.63, 3.8) is 0 Å². The van der Waals surface area contributed by atoms with E-state index in [-0.39, 0.29) is 24.2 Å². The van der Waals surface area contributed by atoms with Crippen LogP contribution < -0.4 is 16.1 Å². The van der Waals surface area contributed by atoms with E-state index in [1.54, 1.807) is 4.90 Å². The van der Waals surface area contributed by atoms with Crippen molar-refractivity contribution in [2.24, 2.45) is 0 Å². The minimum atomic E-state index is -0.756. The minimum Gasteiger partial charge on any atom is -0.324 e. The van der Waals surface area contributed by atoms with E-state index in [1.165, 1.54) is 4.90 Å². The van der Waals surface area contributed by atoms with Gasteiger partial charge in [0.15, 0.2) is 0 Å². The third-order valence-electron chi connectivity index (χ3n) is 4.18. The molecule has 8 nitrogen and oxygen atoms in total. The van der Waals surface area contributed by atoms with Crippen molar-refractivity contribution in [3.8, 4) is 0 Å². The Morgan fingerprint density at radius 2 is 1.80 bits per heavy atom. The molecule has 0 unspecified atom stereocenters. The highest BCUT2D eigenvalue weighted by Gasteiger charge is 2.34. The van der Waals surface area contributed by atoms with Gasteiger partial charge in [0.1, 0.15) is 12.2 Å². The predicted octanol–water partition coefficient (Wildman–Crippen LogP) is 0.249. The number of carbonyl (C=O) groups excluding carboxylic acids is 2. The molecular formula is C17H18N4O4. The van der Waals surface area contributed by atoms with E-state index in [4.69, 9.17) is 0 Å². The van der Waals surface area contributed by atoms with Crippen LogP contribution in [-0.4, -0.2) is 45.8 Å². The number of amides is 2. The molecular weight excluding hydrogens is 324 g/mol. The summed E-state index contributed by atoms with van der Waals surface area (Å²) in [4.78, 5) is 55.1. The average Bonchev–Trinajstić information content (AvgIpc) is 2.56. The first-order valence-corrected chi connectivity index (χ1v) is 7.87. The predicted molar refractivity (Wildman–Crippen MR) is 91.7 cm³/mol. The molecule has 2 aromatic rings. The summed E-state index contributed by atoms with van der Waals surface area (Å²) in [6, 6.07) is 8.33. The molecule has 1 aromatic carbocycles. The van der Waals surface area contributed by atoms with E-state index in [2.05, 4.69) is 4.98 Å². The normalized spacial score (nSPS) is 17.7. The minimum absolute atomic E-state index is 0.122. The number of hydrogen-bond acceptors (Lipinski definition) is 4. The molecule has 2 N–H and O–H groups in total. The molecule has 1 atom stereocenters. The van der Waals surface area contributed by atoms with Gasteiger partial charge in [0, 0.05) is 24.3 Å². The van der Waals surface area contributed by atoms with Crippen molar-refractivity contribution in [3.05, 3.63) is 62.4 Å². The highest BCUT2D eigenvalue weighted by atomic mass is 16.2. The molecule has 0 bridgehead atoms. The van der Waals surface area contributed by atoms with Crippen LogP contribution in [0.4, 0.5) is 5.69 Å². The third kappa shape index (κ3) is 3.37. The topological polar surface area (TPSA) is 106 Å². The fourth-order valence-electron chi connectivity index (χ4n) is 2.84. The third-order valence-corrected chi connectivity index (χ3v) is 4.18. The molecule has 130 valence electrons. The molecule has 1 fully saturated rings. The van der Waals surface area contributed by atoms with Crippen LogP contribution in [0, 0.1) is 6.92 Å². The molecule has 2 heterocycles. The van der Waals surface area contributed by atoms with Crippen LogP contribution in [0.2, 0.25) is 0 Å². The number of piperazine rings is 1. The summed E-state index contributed by atoms with van der Waals surface area (Å²) >= 11 is 0. The van der Waals surface area contributed by atoms with Crippen LogP contribution in [0.3, 0.4) is 0 Å². The number of rotatable bonds is 2. The maximum atomic E-state index is 12.6. The second-order valence-corrected chi connectivity index (χ2v) is 6.12. The summed E-state index contributed by atoms with van der Waals surface area (Å²) in [5, 5.41) is 0. The number of aryl methyl sites for hydroxylation is 1. The Hall–Kier alpha value is -3.16. The lowest BCUT2D eigenvalue weighted by molar-refractivity contribution is -0.121. The van der Waals surface area contributed by atoms with Gasteiger partial charge in [-0.1, -0.05) is 17.7 Å². The molecule has 2 amide bonds. The SMILES string of the molecule is Cc1ccc(N2C[C@H](C)N(C(=O)c3cc(=O)[nH]c(=O)[nH]3)CC2=O)cc1. The van der Waals surface area contributed by atoms with E-state index >= 15 is 0 Å². The molecule has 8 heteroatoms. The Balaban J connectivity index is 1.83. The molecule has 1 aromatic heterocycles. The Kier molecular flexibility index (Phi) is 4.26. The van der Waals surface area contributed by atoms with Gasteiger partial charge in [-0.15, -0.1) is 0 Å². The fourth-order valence-corrected chi connectivity index (χ4v) is 2.84. The molecule has 1 aliphatic heterocycles. The van der Waals surface area contributed by atoms with Crippen LogP contribution in [0.5, 0.6) is 0 Å². The maximum Gasteiger partial charge on any atom is 0.326 e. The summed E-state index contributed by atoms with van der Waals surface area (Å²) in [5.41, 5.74) is 0.324. The number of benzene rings is 1. The van der Waals surface area contributed by atoms with Crippen molar-refractivity contribution in [2.45, 2.75) is 19.9 Å². The molecule has 0 saturated carbocycles. The summed E-state index contributed by atoms with van der Waals surface area (Å²) in [6.45, 7) is 3.99. The second kappa shape index (κ2) is 6.39. The average molecular weight is 342 g/mol.